The Morgan fingerprint density at radius 3 is 2.89 bits per heavy atom. The van der Waals surface area contributed by atoms with Crippen molar-refractivity contribution in [2.75, 3.05) is 13.2 Å². The van der Waals surface area contributed by atoms with Crippen LogP contribution in [0.1, 0.15) is 25.3 Å². The van der Waals surface area contributed by atoms with Crippen LogP contribution >= 0.6 is 0 Å². The third-order valence-corrected chi connectivity index (χ3v) is 3.61. The first-order chi connectivity index (χ1) is 9.40. The van der Waals surface area contributed by atoms with E-state index in [-0.39, 0.29) is 6.61 Å². The Bertz CT molecular complexity index is 547. The summed E-state index contributed by atoms with van der Waals surface area (Å²) in [5, 5.41) is 8.89. The fourth-order valence-electron chi connectivity index (χ4n) is 2.41. The maximum atomic E-state index is 8.89. The van der Waals surface area contributed by atoms with E-state index in [0.29, 0.717) is 12.6 Å². The van der Waals surface area contributed by atoms with E-state index in [1.54, 1.807) is 0 Å². The summed E-state index contributed by atoms with van der Waals surface area (Å²) in [6.07, 6.45) is 7.63. The second kappa shape index (κ2) is 5.45. The van der Waals surface area contributed by atoms with Gasteiger partial charge in [0.25, 0.3) is 0 Å². The molecule has 0 unspecified atom stereocenters. The quantitative estimate of drug-likeness (QED) is 0.896. The highest BCUT2D eigenvalue weighted by atomic mass is 16.5. The van der Waals surface area contributed by atoms with Crippen molar-refractivity contribution in [1.82, 2.24) is 9.55 Å². The number of ether oxygens (including phenoxy) is 1. The van der Waals surface area contributed by atoms with Crippen molar-refractivity contribution in [2.24, 2.45) is 0 Å². The zero-order chi connectivity index (χ0) is 13.1. The maximum Gasteiger partial charge on any atom is 0.143 e. The molecule has 0 spiro atoms. The number of aromatic nitrogens is 2. The van der Waals surface area contributed by atoms with Crippen molar-refractivity contribution in [3.05, 3.63) is 36.7 Å². The number of para-hydroxylation sites is 1. The smallest absolute Gasteiger partial charge is 0.143 e. The van der Waals surface area contributed by atoms with Crippen molar-refractivity contribution < 1.29 is 9.84 Å². The highest BCUT2D eigenvalue weighted by molar-refractivity contribution is 5.64. The van der Waals surface area contributed by atoms with Crippen LogP contribution in [0.25, 0.3) is 11.4 Å². The summed E-state index contributed by atoms with van der Waals surface area (Å²) in [5.74, 6) is 1.74. The fourth-order valence-corrected chi connectivity index (χ4v) is 2.41. The van der Waals surface area contributed by atoms with Crippen LogP contribution in [0.5, 0.6) is 5.75 Å². The Hall–Kier alpha value is -1.81. The number of imidazole rings is 1. The van der Waals surface area contributed by atoms with E-state index in [1.807, 2.05) is 36.7 Å². The van der Waals surface area contributed by atoms with Gasteiger partial charge >= 0.3 is 0 Å². The molecular weight excluding hydrogens is 240 g/mol. The van der Waals surface area contributed by atoms with Crippen molar-refractivity contribution in [3.63, 3.8) is 0 Å². The molecule has 1 aromatic carbocycles. The number of hydrogen-bond donors (Lipinski definition) is 1. The molecule has 0 bridgehead atoms. The second-order valence-electron chi connectivity index (χ2n) is 4.81. The lowest BCUT2D eigenvalue weighted by atomic mass is 9.92. The second-order valence-corrected chi connectivity index (χ2v) is 4.81. The third kappa shape index (κ3) is 2.36. The molecule has 2 aromatic rings. The molecule has 0 saturated heterocycles. The molecule has 1 aliphatic carbocycles. The number of nitrogens with zero attached hydrogens (tertiary/aromatic N) is 2. The molecule has 19 heavy (non-hydrogen) atoms. The molecule has 100 valence electrons. The molecule has 1 heterocycles. The van der Waals surface area contributed by atoms with E-state index in [1.165, 1.54) is 19.3 Å². The summed E-state index contributed by atoms with van der Waals surface area (Å²) >= 11 is 0. The molecule has 0 radical (unpaired) electrons. The van der Waals surface area contributed by atoms with Crippen molar-refractivity contribution in [2.45, 2.75) is 25.3 Å². The van der Waals surface area contributed by atoms with E-state index in [9.17, 15) is 0 Å². The topological polar surface area (TPSA) is 47.3 Å². The van der Waals surface area contributed by atoms with Gasteiger partial charge in [0, 0.05) is 18.4 Å². The molecule has 0 amide bonds. The predicted molar refractivity (Wildman–Crippen MR) is 73.1 cm³/mol. The third-order valence-electron chi connectivity index (χ3n) is 3.61. The Morgan fingerprint density at radius 1 is 1.32 bits per heavy atom. The largest absolute Gasteiger partial charge is 0.490 e. The molecule has 4 heteroatoms. The predicted octanol–water partition coefficient (Wildman–Crippen LogP) is 2.65. The number of aliphatic hydroxyl groups is 1. The summed E-state index contributed by atoms with van der Waals surface area (Å²) in [7, 11) is 0. The summed E-state index contributed by atoms with van der Waals surface area (Å²) in [6, 6.07) is 8.44. The van der Waals surface area contributed by atoms with Crippen LogP contribution in [0.2, 0.25) is 0 Å². The summed E-state index contributed by atoms with van der Waals surface area (Å²) in [4.78, 5) is 4.48. The van der Waals surface area contributed by atoms with Gasteiger partial charge in [-0.15, -0.1) is 0 Å². The van der Waals surface area contributed by atoms with Gasteiger partial charge in [0.15, 0.2) is 0 Å². The minimum atomic E-state index is 0.0192. The molecule has 1 N–H and O–H groups in total. The lowest BCUT2D eigenvalue weighted by Gasteiger charge is -2.28. The van der Waals surface area contributed by atoms with Gasteiger partial charge in [-0.3, -0.25) is 0 Å². The maximum absolute atomic E-state index is 8.89. The highest BCUT2D eigenvalue weighted by Crippen LogP contribution is 2.37. The average Bonchev–Trinajstić information content (AvgIpc) is 2.83. The van der Waals surface area contributed by atoms with E-state index in [4.69, 9.17) is 9.84 Å². The zero-order valence-corrected chi connectivity index (χ0v) is 10.8. The highest BCUT2D eigenvalue weighted by Gasteiger charge is 2.23. The lowest BCUT2D eigenvalue weighted by molar-refractivity contribution is 0.201. The lowest BCUT2D eigenvalue weighted by Crippen LogP contribution is -2.17. The minimum absolute atomic E-state index is 0.0192. The Kier molecular flexibility index (Phi) is 3.51. The molecule has 1 saturated carbocycles. The SMILES string of the molecule is OCCOc1ccccc1-c1nccn1C1CCC1. The number of benzene rings is 1. The van der Waals surface area contributed by atoms with Crippen LogP contribution in [-0.2, 0) is 0 Å². The van der Waals surface area contributed by atoms with E-state index < -0.39 is 0 Å². The Labute approximate surface area is 112 Å². The standard InChI is InChI=1S/C15H18N2O2/c18-10-11-19-14-7-2-1-6-13(14)15-16-8-9-17(15)12-4-3-5-12/h1-2,6-9,12,18H,3-5,10-11H2. The van der Waals surface area contributed by atoms with Crippen LogP contribution in [0.15, 0.2) is 36.7 Å². The number of rotatable bonds is 5. The van der Waals surface area contributed by atoms with Crippen LogP contribution in [0, 0.1) is 0 Å². The molecule has 1 fully saturated rings. The van der Waals surface area contributed by atoms with Gasteiger partial charge in [0.1, 0.15) is 18.2 Å². The first-order valence-corrected chi connectivity index (χ1v) is 6.76. The van der Waals surface area contributed by atoms with Gasteiger partial charge in [-0.05, 0) is 31.4 Å². The van der Waals surface area contributed by atoms with Crippen molar-refractivity contribution >= 4 is 0 Å². The van der Waals surface area contributed by atoms with Crippen LogP contribution in [0.3, 0.4) is 0 Å². The Morgan fingerprint density at radius 2 is 2.16 bits per heavy atom. The van der Waals surface area contributed by atoms with Gasteiger partial charge in [-0.1, -0.05) is 12.1 Å². The molecule has 1 aliphatic rings. The molecule has 1 aromatic heterocycles. The first kappa shape index (κ1) is 12.2. The molecule has 0 atom stereocenters. The minimum Gasteiger partial charge on any atom is -0.490 e. The van der Waals surface area contributed by atoms with Crippen molar-refractivity contribution in [3.8, 4) is 17.1 Å². The number of hydrogen-bond acceptors (Lipinski definition) is 3. The van der Waals surface area contributed by atoms with Gasteiger partial charge in [-0.25, -0.2) is 4.98 Å². The van der Waals surface area contributed by atoms with Gasteiger partial charge < -0.3 is 14.4 Å². The van der Waals surface area contributed by atoms with Gasteiger partial charge in [0.05, 0.1) is 12.2 Å². The molecule has 0 aliphatic heterocycles. The van der Waals surface area contributed by atoms with Crippen LogP contribution < -0.4 is 4.74 Å². The monoisotopic (exact) mass is 258 g/mol. The first-order valence-electron chi connectivity index (χ1n) is 6.76. The normalized spacial score (nSPS) is 15.2. The van der Waals surface area contributed by atoms with Crippen LogP contribution in [-0.4, -0.2) is 27.9 Å². The van der Waals surface area contributed by atoms with E-state index in [0.717, 1.165) is 17.1 Å². The summed E-state index contributed by atoms with van der Waals surface area (Å²) in [5.41, 5.74) is 0.993. The fraction of sp³-hybridized carbons (Fsp3) is 0.400. The van der Waals surface area contributed by atoms with E-state index in [2.05, 4.69) is 9.55 Å². The molecule has 3 rings (SSSR count). The van der Waals surface area contributed by atoms with Gasteiger partial charge in [0.2, 0.25) is 0 Å². The molecule has 4 nitrogen and oxygen atoms in total. The van der Waals surface area contributed by atoms with Crippen molar-refractivity contribution in [1.29, 1.82) is 0 Å². The average molecular weight is 258 g/mol. The number of aliphatic hydroxyl groups excluding tert-OH is 1. The summed E-state index contributed by atoms with van der Waals surface area (Å²) < 4.78 is 7.83. The van der Waals surface area contributed by atoms with E-state index >= 15 is 0 Å². The van der Waals surface area contributed by atoms with Gasteiger partial charge in [-0.2, -0.15) is 0 Å². The summed E-state index contributed by atoms with van der Waals surface area (Å²) in [6.45, 7) is 0.326. The molecular formula is C15H18N2O2. The zero-order valence-electron chi connectivity index (χ0n) is 10.8. The van der Waals surface area contributed by atoms with Crippen LogP contribution in [0.4, 0.5) is 0 Å². The Balaban J connectivity index is 1.95.